The molecule has 0 fully saturated rings. The van der Waals surface area contributed by atoms with Crippen molar-refractivity contribution in [2.75, 3.05) is 5.73 Å². The lowest BCUT2D eigenvalue weighted by Gasteiger charge is -2.09. The number of carbonyl (C=O) groups excluding carboxylic acids is 1. The molecule has 0 aliphatic carbocycles. The Morgan fingerprint density at radius 1 is 1.13 bits per heavy atom. The predicted molar refractivity (Wildman–Crippen MR) is 113 cm³/mol. The molecule has 0 bridgehead atoms. The van der Waals surface area contributed by atoms with Crippen molar-refractivity contribution in [3.8, 4) is 28.8 Å². The summed E-state index contributed by atoms with van der Waals surface area (Å²) in [5, 5.41) is 0.187. The number of carbonyl (C=O) groups is 1. The zero-order valence-electron chi connectivity index (χ0n) is 16.4. The highest BCUT2D eigenvalue weighted by molar-refractivity contribution is 6.30. The van der Waals surface area contributed by atoms with E-state index in [0.29, 0.717) is 17.9 Å². The van der Waals surface area contributed by atoms with E-state index in [-0.39, 0.29) is 28.4 Å². The van der Waals surface area contributed by atoms with Gasteiger partial charge in [0.05, 0.1) is 16.4 Å². The molecular formula is C22H21ClFN3O3. The number of benzene rings is 1. The van der Waals surface area contributed by atoms with E-state index in [1.54, 1.807) is 36.4 Å². The molecule has 3 rings (SSSR count). The summed E-state index contributed by atoms with van der Waals surface area (Å²) < 4.78 is 24.6. The van der Waals surface area contributed by atoms with E-state index in [2.05, 4.69) is 16.9 Å². The highest BCUT2D eigenvalue weighted by Crippen LogP contribution is 2.29. The Labute approximate surface area is 178 Å². The minimum absolute atomic E-state index is 0.0850. The third-order valence-corrected chi connectivity index (χ3v) is 4.43. The molecule has 2 heterocycles. The average Bonchev–Trinajstić information content (AvgIpc) is 2.72. The van der Waals surface area contributed by atoms with Crippen molar-refractivity contribution in [1.82, 2.24) is 9.97 Å². The average molecular weight is 430 g/mol. The number of rotatable bonds is 8. The molecule has 0 unspecified atom stereocenters. The monoisotopic (exact) mass is 429 g/mol. The number of ether oxygens (including phenoxy) is 2. The van der Waals surface area contributed by atoms with Crippen LogP contribution in [0.25, 0.3) is 11.3 Å². The number of aromatic nitrogens is 2. The van der Waals surface area contributed by atoms with Gasteiger partial charge in [0.15, 0.2) is 5.82 Å². The maximum atomic E-state index is 13.8. The van der Waals surface area contributed by atoms with Gasteiger partial charge in [-0.2, -0.15) is 0 Å². The van der Waals surface area contributed by atoms with Crippen LogP contribution in [0.4, 0.5) is 10.1 Å². The van der Waals surface area contributed by atoms with Crippen LogP contribution >= 0.6 is 11.6 Å². The van der Waals surface area contributed by atoms with Crippen LogP contribution in [0.3, 0.4) is 0 Å². The predicted octanol–water partition coefficient (Wildman–Crippen LogP) is 5.80. The Hall–Kier alpha value is -3.19. The van der Waals surface area contributed by atoms with Gasteiger partial charge >= 0.3 is 5.97 Å². The van der Waals surface area contributed by atoms with E-state index >= 15 is 0 Å². The summed E-state index contributed by atoms with van der Waals surface area (Å²) in [6.45, 7) is 2.06. The molecule has 30 heavy (non-hydrogen) atoms. The topological polar surface area (TPSA) is 87.3 Å². The van der Waals surface area contributed by atoms with Gasteiger partial charge in [-0.25, -0.2) is 14.4 Å². The molecule has 3 aromatic rings. The minimum Gasteiger partial charge on any atom is -0.436 e. The van der Waals surface area contributed by atoms with Crippen LogP contribution in [0.1, 0.15) is 32.6 Å². The quantitative estimate of drug-likeness (QED) is 0.360. The lowest BCUT2D eigenvalue weighted by molar-refractivity contribution is -0.134. The summed E-state index contributed by atoms with van der Waals surface area (Å²) in [5.74, 6) is -0.708. The first-order chi connectivity index (χ1) is 14.5. The Morgan fingerprint density at radius 2 is 1.90 bits per heavy atom. The molecular weight excluding hydrogens is 409 g/mol. The van der Waals surface area contributed by atoms with E-state index in [4.69, 9.17) is 26.8 Å². The van der Waals surface area contributed by atoms with E-state index in [1.807, 2.05) is 0 Å². The molecule has 156 valence electrons. The molecule has 8 heteroatoms. The molecule has 2 N–H and O–H groups in total. The molecule has 0 aliphatic heterocycles. The maximum absolute atomic E-state index is 13.8. The molecule has 0 aliphatic rings. The third kappa shape index (κ3) is 5.67. The van der Waals surface area contributed by atoms with Gasteiger partial charge in [0.2, 0.25) is 5.88 Å². The van der Waals surface area contributed by atoms with Gasteiger partial charge in [0.25, 0.3) is 5.88 Å². The van der Waals surface area contributed by atoms with Crippen molar-refractivity contribution in [2.45, 2.75) is 32.6 Å². The summed E-state index contributed by atoms with van der Waals surface area (Å²) in [5.41, 5.74) is 7.50. The summed E-state index contributed by atoms with van der Waals surface area (Å²) in [4.78, 5) is 20.2. The van der Waals surface area contributed by atoms with Gasteiger partial charge in [-0.05, 0) is 48.9 Å². The first-order valence-electron chi connectivity index (χ1n) is 9.53. The number of hydrogen-bond donors (Lipinski definition) is 1. The fourth-order valence-corrected chi connectivity index (χ4v) is 2.80. The Morgan fingerprint density at radius 3 is 2.60 bits per heavy atom. The smallest absolute Gasteiger partial charge is 0.312 e. The van der Waals surface area contributed by atoms with Gasteiger partial charge in [-0.1, -0.05) is 31.4 Å². The van der Waals surface area contributed by atoms with Gasteiger partial charge in [0, 0.05) is 18.2 Å². The minimum atomic E-state index is -0.655. The highest BCUT2D eigenvalue weighted by Gasteiger charge is 2.12. The lowest BCUT2D eigenvalue weighted by atomic mass is 10.1. The second-order valence-corrected chi connectivity index (χ2v) is 7.03. The molecule has 0 spiro atoms. The zero-order valence-corrected chi connectivity index (χ0v) is 17.2. The van der Waals surface area contributed by atoms with Crippen molar-refractivity contribution in [3.63, 3.8) is 0 Å². The number of halogens is 2. The number of nitrogens with zero attached hydrogens (tertiary/aromatic N) is 2. The molecule has 1 aromatic carbocycles. The molecule has 2 aromatic heterocycles. The van der Waals surface area contributed by atoms with Crippen molar-refractivity contribution in [3.05, 3.63) is 59.5 Å². The maximum Gasteiger partial charge on any atom is 0.312 e. The van der Waals surface area contributed by atoms with E-state index in [1.165, 1.54) is 6.20 Å². The summed E-state index contributed by atoms with van der Waals surface area (Å²) in [6, 6.07) is 11.3. The van der Waals surface area contributed by atoms with Crippen LogP contribution < -0.4 is 15.2 Å². The van der Waals surface area contributed by atoms with E-state index in [0.717, 1.165) is 30.9 Å². The van der Waals surface area contributed by atoms with Crippen LogP contribution in [-0.4, -0.2) is 15.9 Å². The summed E-state index contributed by atoms with van der Waals surface area (Å²) in [6.07, 6.45) is 4.36. The summed E-state index contributed by atoms with van der Waals surface area (Å²) >= 11 is 5.69. The SMILES string of the molecule is CCCCCC(=O)Oc1nc(-c2ccc(Oc3ncc(Cl)cc3F)cc2)ccc1N. The fourth-order valence-electron chi connectivity index (χ4n) is 2.65. The van der Waals surface area contributed by atoms with Crippen molar-refractivity contribution in [2.24, 2.45) is 0 Å². The number of anilines is 1. The van der Waals surface area contributed by atoms with Crippen molar-refractivity contribution < 1.29 is 18.7 Å². The van der Waals surface area contributed by atoms with Crippen molar-refractivity contribution >= 4 is 23.3 Å². The number of hydrogen-bond acceptors (Lipinski definition) is 6. The van der Waals surface area contributed by atoms with Gasteiger partial charge < -0.3 is 15.2 Å². The number of pyridine rings is 2. The largest absolute Gasteiger partial charge is 0.436 e. The van der Waals surface area contributed by atoms with Crippen LogP contribution in [0.2, 0.25) is 5.02 Å². The summed E-state index contributed by atoms with van der Waals surface area (Å²) in [7, 11) is 0. The number of unbranched alkanes of at least 4 members (excludes halogenated alkanes) is 2. The standard InChI is InChI=1S/C22H21ClFN3O3/c1-2-3-4-5-20(28)30-22-18(25)10-11-19(27-22)14-6-8-16(9-7-14)29-21-17(24)12-15(23)13-26-21/h6-13H,2-5,25H2,1H3. The molecule has 0 radical (unpaired) electrons. The first-order valence-corrected chi connectivity index (χ1v) is 9.90. The third-order valence-electron chi connectivity index (χ3n) is 4.22. The van der Waals surface area contributed by atoms with Crippen LogP contribution in [0.5, 0.6) is 17.5 Å². The van der Waals surface area contributed by atoms with Crippen molar-refractivity contribution in [1.29, 1.82) is 0 Å². The number of nitrogens with two attached hydrogens (primary N) is 1. The lowest BCUT2D eigenvalue weighted by Crippen LogP contribution is -2.10. The normalized spacial score (nSPS) is 10.6. The molecule has 0 saturated heterocycles. The first kappa shape index (κ1) is 21.5. The van der Waals surface area contributed by atoms with Gasteiger partial charge in [0.1, 0.15) is 5.75 Å². The molecule has 6 nitrogen and oxygen atoms in total. The fraction of sp³-hybridized carbons (Fsp3) is 0.227. The molecule has 0 atom stereocenters. The zero-order chi connectivity index (χ0) is 21.5. The van der Waals surface area contributed by atoms with Crippen LogP contribution in [0.15, 0.2) is 48.7 Å². The molecule has 0 amide bonds. The van der Waals surface area contributed by atoms with Gasteiger partial charge in [-0.15, -0.1) is 0 Å². The number of nitrogen functional groups attached to an aromatic ring is 1. The Kier molecular flexibility index (Phi) is 7.19. The second kappa shape index (κ2) is 10.0. The van der Waals surface area contributed by atoms with Gasteiger partial charge in [-0.3, -0.25) is 4.79 Å². The van der Waals surface area contributed by atoms with Crippen LogP contribution in [-0.2, 0) is 4.79 Å². The van der Waals surface area contributed by atoms with Crippen LogP contribution in [0, 0.1) is 5.82 Å². The Balaban J connectivity index is 1.72. The van der Waals surface area contributed by atoms with E-state index < -0.39 is 5.82 Å². The Bertz CT molecular complexity index is 1030. The number of esters is 1. The molecule has 0 saturated carbocycles. The highest BCUT2D eigenvalue weighted by atomic mass is 35.5. The second-order valence-electron chi connectivity index (χ2n) is 6.59. The van der Waals surface area contributed by atoms with E-state index in [9.17, 15) is 9.18 Å².